The molecule has 21 heavy (non-hydrogen) atoms. The second-order valence-corrected chi connectivity index (χ2v) is 6.46. The number of halogens is 1. The molecule has 2 unspecified atom stereocenters. The molecule has 1 aromatic rings. The number of likely N-dealkylation sites (N-methyl/N-ethyl adjacent to an activating group) is 1. The summed E-state index contributed by atoms with van der Waals surface area (Å²) in [6.07, 6.45) is 3.60. The van der Waals surface area contributed by atoms with Crippen LogP contribution in [0, 0.1) is 12.7 Å². The van der Waals surface area contributed by atoms with Gasteiger partial charge in [0.2, 0.25) is 0 Å². The average molecular weight is 292 g/mol. The van der Waals surface area contributed by atoms with E-state index in [1.54, 1.807) is 12.1 Å². The molecule has 2 nitrogen and oxygen atoms in total. The van der Waals surface area contributed by atoms with Gasteiger partial charge in [-0.25, -0.2) is 4.39 Å². The van der Waals surface area contributed by atoms with Gasteiger partial charge in [0.1, 0.15) is 5.82 Å². The normalized spacial score (nSPS) is 20.4. The van der Waals surface area contributed by atoms with E-state index in [1.165, 1.54) is 12.8 Å². The molecule has 1 fully saturated rings. The Morgan fingerprint density at radius 3 is 2.43 bits per heavy atom. The van der Waals surface area contributed by atoms with E-state index in [4.69, 9.17) is 0 Å². The van der Waals surface area contributed by atoms with Gasteiger partial charge in [-0.1, -0.05) is 19.9 Å². The van der Waals surface area contributed by atoms with Crippen molar-refractivity contribution >= 4 is 0 Å². The Balaban J connectivity index is 2.39. The number of nitrogens with zero attached hydrogens (tertiary/aromatic N) is 1. The molecule has 0 aliphatic carbocycles. The van der Waals surface area contributed by atoms with Crippen molar-refractivity contribution in [1.82, 2.24) is 10.2 Å². The highest BCUT2D eigenvalue weighted by atomic mass is 19.1. The zero-order chi connectivity index (χ0) is 15.5. The van der Waals surface area contributed by atoms with Gasteiger partial charge in [-0.3, -0.25) is 4.90 Å². The first-order valence-corrected chi connectivity index (χ1v) is 8.26. The van der Waals surface area contributed by atoms with Crippen molar-refractivity contribution < 1.29 is 4.39 Å². The third-order valence-electron chi connectivity index (χ3n) is 4.97. The SMILES string of the molecule is CCNC(c1cc(C)cc(F)c1)C(C)(CC)N1CCCC1. The van der Waals surface area contributed by atoms with Crippen molar-refractivity contribution in [3.05, 3.63) is 35.1 Å². The first-order chi connectivity index (χ1) is 10.0. The van der Waals surface area contributed by atoms with Crippen molar-refractivity contribution in [2.75, 3.05) is 19.6 Å². The van der Waals surface area contributed by atoms with E-state index in [9.17, 15) is 4.39 Å². The number of rotatable bonds is 6. The molecule has 2 atom stereocenters. The van der Waals surface area contributed by atoms with Gasteiger partial charge in [0.15, 0.2) is 0 Å². The van der Waals surface area contributed by atoms with Crippen LogP contribution in [0.3, 0.4) is 0 Å². The van der Waals surface area contributed by atoms with E-state index < -0.39 is 0 Å². The zero-order valence-electron chi connectivity index (χ0n) is 13.9. The van der Waals surface area contributed by atoms with E-state index in [0.717, 1.165) is 37.2 Å². The molecular weight excluding hydrogens is 263 g/mol. The Morgan fingerprint density at radius 2 is 1.90 bits per heavy atom. The molecule has 1 aliphatic rings. The van der Waals surface area contributed by atoms with E-state index in [1.807, 2.05) is 6.92 Å². The fourth-order valence-electron chi connectivity index (χ4n) is 3.67. The Hall–Kier alpha value is -0.930. The Morgan fingerprint density at radius 1 is 1.24 bits per heavy atom. The summed E-state index contributed by atoms with van der Waals surface area (Å²) < 4.78 is 13.9. The van der Waals surface area contributed by atoms with Crippen LogP contribution in [0.1, 0.15) is 57.2 Å². The highest BCUT2D eigenvalue weighted by molar-refractivity contribution is 5.29. The van der Waals surface area contributed by atoms with Gasteiger partial charge in [0.25, 0.3) is 0 Å². The number of likely N-dealkylation sites (tertiary alicyclic amines) is 1. The number of nitrogens with one attached hydrogen (secondary N) is 1. The molecule has 0 saturated carbocycles. The number of aryl methyl sites for hydroxylation is 1. The fraction of sp³-hybridized carbons (Fsp3) is 0.667. The van der Waals surface area contributed by atoms with Crippen molar-refractivity contribution in [2.45, 2.75) is 58.5 Å². The minimum absolute atomic E-state index is 0.0345. The van der Waals surface area contributed by atoms with Crippen molar-refractivity contribution in [1.29, 1.82) is 0 Å². The first kappa shape index (κ1) is 16.4. The lowest BCUT2D eigenvalue weighted by molar-refractivity contribution is 0.0845. The van der Waals surface area contributed by atoms with Crippen LogP contribution in [0.4, 0.5) is 4.39 Å². The standard InChI is InChI=1S/C18H29FN2/c1-5-18(4,21-9-7-8-10-21)17(20-6-2)15-11-14(3)12-16(19)13-15/h11-13,17,20H,5-10H2,1-4H3. The zero-order valence-corrected chi connectivity index (χ0v) is 13.9. The molecular formula is C18H29FN2. The third kappa shape index (κ3) is 3.46. The summed E-state index contributed by atoms with van der Waals surface area (Å²) in [4.78, 5) is 2.58. The second kappa shape index (κ2) is 6.89. The second-order valence-electron chi connectivity index (χ2n) is 6.46. The molecule has 2 rings (SSSR count). The predicted octanol–water partition coefficient (Wildman–Crippen LogP) is 4.05. The third-order valence-corrected chi connectivity index (χ3v) is 4.97. The van der Waals surface area contributed by atoms with Crippen molar-refractivity contribution in [3.63, 3.8) is 0 Å². The molecule has 1 heterocycles. The van der Waals surface area contributed by atoms with Gasteiger partial charge in [-0.15, -0.1) is 0 Å². The molecule has 0 spiro atoms. The summed E-state index contributed by atoms with van der Waals surface area (Å²) in [5.41, 5.74) is 2.10. The molecule has 118 valence electrons. The van der Waals surface area contributed by atoms with Gasteiger partial charge >= 0.3 is 0 Å². The Labute approximate surface area is 128 Å². The van der Waals surface area contributed by atoms with E-state index in [0.29, 0.717) is 0 Å². The van der Waals surface area contributed by atoms with E-state index in [2.05, 4.69) is 37.1 Å². The average Bonchev–Trinajstić information content (AvgIpc) is 2.97. The molecule has 0 amide bonds. The quantitative estimate of drug-likeness (QED) is 0.851. The van der Waals surface area contributed by atoms with Crippen LogP contribution in [0.15, 0.2) is 18.2 Å². The highest BCUT2D eigenvalue weighted by Gasteiger charge is 2.40. The van der Waals surface area contributed by atoms with Crippen LogP contribution in [0.2, 0.25) is 0 Å². The van der Waals surface area contributed by atoms with E-state index in [-0.39, 0.29) is 17.4 Å². The smallest absolute Gasteiger partial charge is 0.123 e. The molecule has 1 N–H and O–H groups in total. The maximum Gasteiger partial charge on any atom is 0.123 e. The Kier molecular flexibility index (Phi) is 5.39. The summed E-state index contributed by atoms with van der Waals surface area (Å²) in [5, 5.41) is 3.61. The van der Waals surface area contributed by atoms with Crippen LogP contribution in [0.5, 0.6) is 0 Å². The lowest BCUT2D eigenvalue weighted by Gasteiger charge is -2.45. The molecule has 0 radical (unpaired) electrons. The minimum atomic E-state index is -0.132. The monoisotopic (exact) mass is 292 g/mol. The predicted molar refractivity (Wildman–Crippen MR) is 87.1 cm³/mol. The van der Waals surface area contributed by atoms with Gasteiger partial charge in [-0.05, 0) is 76.0 Å². The van der Waals surface area contributed by atoms with E-state index >= 15 is 0 Å². The van der Waals surface area contributed by atoms with Gasteiger partial charge in [0, 0.05) is 5.54 Å². The van der Waals surface area contributed by atoms with Gasteiger partial charge in [-0.2, -0.15) is 0 Å². The number of hydrogen-bond acceptors (Lipinski definition) is 2. The summed E-state index contributed by atoms with van der Waals surface area (Å²) >= 11 is 0. The van der Waals surface area contributed by atoms with Gasteiger partial charge in [0.05, 0.1) is 6.04 Å². The van der Waals surface area contributed by atoms with Gasteiger partial charge < -0.3 is 5.32 Å². The highest BCUT2D eigenvalue weighted by Crippen LogP contribution is 2.37. The molecule has 1 aromatic carbocycles. The molecule has 1 saturated heterocycles. The lowest BCUT2D eigenvalue weighted by atomic mass is 9.82. The van der Waals surface area contributed by atoms with Crippen LogP contribution < -0.4 is 5.32 Å². The lowest BCUT2D eigenvalue weighted by Crippen LogP contribution is -2.53. The largest absolute Gasteiger partial charge is 0.309 e. The van der Waals surface area contributed by atoms with Crippen LogP contribution in [0.25, 0.3) is 0 Å². The summed E-state index contributed by atoms with van der Waals surface area (Å²) in [5.74, 6) is -0.132. The van der Waals surface area contributed by atoms with Crippen LogP contribution in [-0.4, -0.2) is 30.1 Å². The maximum atomic E-state index is 13.9. The van der Waals surface area contributed by atoms with Crippen LogP contribution >= 0.6 is 0 Å². The molecule has 0 bridgehead atoms. The fourth-order valence-corrected chi connectivity index (χ4v) is 3.67. The maximum absolute atomic E-state index is 13.9. The van der Waals surface area contributed by atoms with Crippen molar-refractivity contribution in [3.8, 4) is 0 Å². The van der Waals surface area contributed by atoms with Crippen LogP contribution in [-0.2, 0) is 0 Å². The minimum Gasteiger partial charge on any atom is -0.309 e. The summed E-state index contributed by atoms with van der Waals surface area (Å²) in [6, 6.07) is 5.59. The molecule has 3 heteroatoms. The number of benzene rings is 1. The number of hydrogen-bond donors (Lipinski definition) is 1. The topological polar surface area (TPSA) is 15.3 Å². The molecule has 0 aromatic heterocycles. The first-order valence-electron chi connectivity index (χ1n) is 8.26. The molecule has 1 aliphatic heterocycles. The summed E-state index contributed by atoms with van der Waals surface area (Å²) in [7, 11) is 0. The van der Waals surface area contributed by atoms with Crippen molar-refractivity contribution in [2.24, 2.45) is 0 Å². The Bertz CT molecular complexity index is 448. The summed E-state index contributed by atoms with van der Waals surface area (Å²) in [6.45, 7) is 11.9.